The summed E-state index contributed by atoms with van der Waals surface area (Å²) in [4.78, 5) is 51.7. The molecule has 9 heteroatoms. The Bertz CT molecular complexity index is 1290. The van der Waals surface area contributed by atoms with Gasteiger partial charge in [-0.2, -0.15) is 0 Å². The molecule has 1 heterocycles. The Kier molecular flexibility index (Phi) is 6.34. The molecule has 3 aromatic rings. The summed E-state index contributed by atoms with van der Waals surface area (Å²) in [6.07, 6.45) is -1.11. The minimum absolute atomic E-state index is 0.0435. The van der Waals surface area contributed by atoms with Crippen LogP contribution in [-0.4, -0.2) is 36.9 Å². The van der Waals surface area contributed by atoms with Crippen LogP contribution in [0.25, 0.3) is 0 Å². The monoisotopic (exact) mass is 478 g/mol. The molecule has 1 aliphatic rings. The maximum Gasteiger partial charge on any atom is 0.338 e. The van der Waals surface area contributed by atoms with Gasteiger partial charge in [-0.1, -0.05) is 11.6 Å². The lowest BCUT2D eigenvalue weighted by Gasteiger charge is -2.14. The number of hydrogen-bond acceptors (Lipinski definition) is 6. The first-order valence-electron chi connectivity index (χ1n) is 10.2. The molecule has 34 heavy (non-hydrogen) atoms. The van der Waals surface area contributed by atoms with Crippen molar-refractivity contribution in [2.45, 2.75) is 13.0 Å². The van der Waals surface area contributed by atoms with E-state index in [1.54, 1.807) is 48.5 Å². The van der Waals surface area contributed by atoms with E-state index in [4.69, 9.17) is 21.1 Å². The number of rotatable bonds is 6. The van der Waals surface area contributed by atoms with Crippen molar-refractivity contribution in [3.8, 4) is 5.75 Å². The number of fused-ring (bicyclic) bond motifs is 1. The number of hydrogen-bond donors (Lipinski definition) is 1. The molecule has 172 valence electrons. The van der Waals surface area contributed by atoms with Crippen molar-refractivity contribution in [1.82, 2.24) is 0 Å². The molecule has 0 radical (unpaired) electrons. The summed E-state index contributed by atoms with van der Waals surface area (Å²) in [7, 11) is 1.53. The maximum atomic E-state index is 12.9. The number of carbonyl (C=O) groups excluding carboxylic acids is 4. The minimum Gasteiger partial charge on any atom is -0.497 e. The highest BCUT2D eigenvalue weighted by molar-refractivity contribution is 6.35. The first-order chi connectivity index (χ1) is 16.3. The van der Waals surface area contributed by atoms with E-state index in [1.165, 1.54) is 32.2 Å². The van der Waals surface area contributed by atoms with Crippen LogP contribution in [0, 0.1) is 0 Å². The van der Waals surface area contributed by atoms with E-state index in [0.29, 0.717) is 22.1 Å². The number of imide groups is 1. The highest BCUT2D eigenvalue weighted by atomic mass is 35.5. The van der Waals surface area contributed by atoms with Crippen molar-refractivity contribution < 1.29 is 28.7 Å². The van der Waals surface area contributed by atoms with Gasteiger partial charge in [-0.05, 0) is 73.7 Å². The second kappa shape index (κ2) is 9.36. The molecule has 1 aliphatic heterocycles. The fraction of sp³-hybridized carbons (Fsp3) is 0.120. The molecule has 3 aromatic carbocycles. The quantitative estimate of drug-likeness (QED) is 0.418. The van der Waals surface area contributed by atoms with Crippen molar-refractivity contribution in [2.24, 2.45) is 0 Å². The lowest BCUT2D eigenvalue weighted by atomic mass is 10.1. The van der Waals surface area contributed by atoms with E-state index >= 15 is 0 Å². The average molecular weight is 479 g/mol. The molecular weight excluding hydrogens is 460 g/mol. The number of benzene rings is 3. The summed E-state index contributed by atoms with van der Waals surface area (Å²) < 4.78 is 10.3. The molecule has 1 atom stereocenters. The smallest absolute Gasteiger partial charge is 0.338 e. The number of nitrogens with one attached hydrogen (secondary N) is 1. The van der Waals surface area contributed by atoms with Crippen LogP contribution in [0.4, 0.5) is 11.4 Å². The number of carbonyl (C=O) groups is 4. The topological polar surface area (TPSA) is 102 Å². The second-order valence-corrected chi connectivity index (χ2v) is 7.88. The van der Waals surface area contributed by atoms with Crippen LogP contribution in [-0.2, 0) is 9.53 Å². The predicted octanol–water partition coefficient (Wildman–Crippen LogP) is 4.33. The van der Waals surface area contributed by atoms with Gasteiger partial charge in [0.15, 0.2) is 6.10 Å². The van der Waals surface area contributed by atoms with Crippen molar-refractivity contribution in [3.63, 3.8) is 0 Å². The first-order valence-corrected chi connectivity index (χ1v) is 10.6. The fourth-order valence-corrected chi connectivity index (χ4v) is 3.52. The highest BCUT2D eigenvalue weighted by Crippen LogP contribution is 2.30. The van der Waals surface area contributed by atoms with Gasteiger partial charge in [0.2, 0.25) is 0 Å². The Hall–Kier alpha value is -4.17. The summed E-state index contributed by atoms with van der Waals surface area (Å²) in [5, 5.41) is 3.11. The Labute approximate surface area is 200 Å². The van der Waals surface area contributed by atoms with Crippen LogP contribution in [0.15, 0.2) is 66.7 Å². The summed E-state index contributed by atoms with van der Waals surface area (Å²) in [6, 6.07) is 17.0. The standard InChI is InChI=1S/C25H19ClN2O6/c1-14(22(29)27-17-6-10-19(33-2)11-7-17)34-25(32)15-3-12-20-21(13-15)24(31)28(23(20)30)18-8-4-16(26)5-9-18/h3-14H,1-2H3,(H,27,29). The molecule has 0 saturated carbocycles. The number of halogens is 1. The van der Waals surface area contributed by atoms with Gasteiger partial charge in [-0.15, -0.1) is 0 Å². The molecule has 1 unspecified atom stereocenters. The van der Waals surface area contributed by atoms with Crippen LogP contribution in [0.1, 0.15) is 38.0 Å². The molecule has 0 bridgehead atoms. The normalized spacial score (nSPS) is 13.3. The van der Waals surface area contributed by atoms with Crippen LogP contribution in [0.3, 0.4) is 0 Å². The lowest BCUT2D eigenvalue weighted by molar-refractivity contribution is -0.123. The molecule has 0 aliphatic carbocycles. The van der Waals surface area contributed by atoms with Crippen LogP contribution in [0.5, 0.6) is 5.75 Å². The summed E-state index contributed by atoms with van der Waals surface area (Å²) >= 11 is 5.88. The number of amides is 3. The number of nitrogens with zero attached hydrogens (tertiary/aromatic N) is 1. The maximum absolute atomic E-state index is 12.9. The van der Waals surface area contributed by atoms with E-state index in [2.05, 4.69) is 5.32 Å². The third-order valence-electron chi connectivity index (χ3n) is 5.22. The molecule has 0 fully saturated rings. The van der Waals surface area contributed by atoms with Gasteiger partial charge in [0, 0.05) is 10.7 Å². The van der Waals surface area contributed by atoms with Crippen molar-refractivity contribution >= 4 is 46.7 Å². The van der Waals surface area contributed by atoms with Gasteiger partial charge < -0.3 is 14.8 Å². The molecule has 3 amide bonds. The third-order valence-corrected chi connectivity index (χ3v) is 5.47. The zero-order chi connectivity index (χ0) is 24.4. The average Bonchev–Trinajstić information content (AvgIpc) is 3.09. The summed E-state index contributed by atoms with van der Waals surface area (Å²) in [6.45, 7) is 1.43. The van der Waals surface area contributed by atoms with E-state index < -0.39 is 29.8 Å². The summed E-state index contributed by atoms with van der Waals surface area (Å²) in [5.74, 6) is -1.77. The third kappa shape index (κ3) is 4.49. The number of ether oxygens (including phenoxy) is 2. The second-order valence-electron chi connectivity index (χ2n) is 7.45. The van der Waals surface area contributed by atoms with Gasteiger partial charge in [0.05, 0.1) is 29.5 Å². The molecule has 8 nitrogen and oxygen atoms in total. The molecular formula is C25H19ClN2O6. The molecule has 0 saturated heterocycles. The molecule has 0 aromatic heterocycles. The zero-order valence-electron chi connectivity index (χ0n) is 18.2. The van der Waals surface area contributed by atoms with Crippen molar-refractivity contribution in [3.05, 3.63) is 88.4 Å². The lowest BCUT2D eigenvalue weighted by Crippen LogP contribution is -2.30. The Morgan fingerprint density at radius 3 is 2.21 bits per heavy atom. The van der Waals surface area contributed by atoms with Gasteiger partial charge in [-0.25, -0.2) is 9.69 Å². The van der Waals surface area contributed by atoms with Crippen LogP contribution >= 0.6 is 11.6 Å². The number of methoxy groups -OCH3 is 1. The Balaban J connectivity index is 1.46. The highest BCUT2D eigenvalue weighted by Gasteiger charge is 2.37. The van der Waals surface area contributed by atoms with Gasteiger partial charge in [0.25, 0.3) is 17.7 Å². The first kappa shape index (κ1) is 23.0. The van der Waals surface area contributed by atoms with E-state index in [1.807, 2.05) is 0 Å². The summed E-state index contributed by atoms with van der Waals surface area (Å²) in [5.41, 5.74) is 1.16. The Morgan fingerprint density at radius 2 is 1.56 bits per heavy atom. The van der Waals surface area contributed by atoms with Gasteiger partial charge >= 0.3 is 5.97 Å². The zero-order valence-corrected chi connectivity index (χ0v) is 19.0. The molecule has 0 spiro atoms. The Morgan fingerprint density at radius 1 is 0.912 bits per heavy atom. The van der Waals surface area contributed by atoms with Crippen LogP contribution < -0.4 is 15.0 Å². The van der Waals surface area contributed by atoms with Crippen molar-refractivity contribution in [2.75, 3.05) is 17.3 Å². The van der Waals surface area contributed by atoms with Gasteiger partial charge in [0.1, 0.15) is 5.75 Å². The van der Waals surface area contributed by atoms with Crippen molar-refractivity contribution in [1.29, 1.82) is 0 Å². The van der Waals surface area contributed by atoms with E-state index in [9.17, 15) is 19.2 Å². The largest absolute Gasteiger partial charge is 0.497 e. The van der Waals surface area contributed by atoms with Gasteiger partial charge in [-0.3, -0.25) is 14.4 Å². The van der Waals surface area contributed by atoms with Crippen LogP contribution in [0.2, 0.25) is 5.02 Å². The number of esters is 1. The molecule has 1 N–H and O–H groups in total. The predicted molar refractivity (Wildman–Crippen MR) is 126 cm³/mol. The fourth-order valence-electron chi connectivity index (χ4n) is 3.39. The number of anilines is 2. The van der Waals surface area contributed by atoms with E-state index in [-0.39, 0.29) is 16.7 Å². The molecule has 4 rings (SSSR count). The minimum atomic E-state index is -1.11. The van der Waals surface area contributed by atoms with E-state index in [0.717, 1.165) is 4.90 Å². The SMILES string of the molecule is COc1ccc(NC(=O)C(C)OC(=O)c2ccc3c(c2)C(=O)N(c2ccc(Cl)cc2)C3=O)cc1.